The van der Waals surface area contributed by atoms with Crippen LogP contribution in [0.15, 0.2) is 17.4 Å². The molecule has 0 unspecified atom stereocenters. The predicted octanol–water partition coefficient (Wildman–Crippen LogP) is 4.00. The highest BCUT2D eigenvalue weighted by molar-refractivity contribution is 7.99. The molecule has 0 aromatic rings. The van der Waals surface area contributed by atoms with Crippen LogP contribution in [-0.4, -0.2) is 40.0 Å². The van der Waals surface area contributed by atoms with Crippen LogP contribution in [0.3, 0.4) is 0 Å². The lowest BCUT2D eigenvalue weighted by Gasteiger charge is -2.22. The van der Waals surface area contributed by atoms with Crippen molar-refractivity contribution in [1.82, 2.24) is 9.62 Å². The van der Waals surface area contributed by atoms with Gasteiger partial charge < -0.3 is 10.6 Å². The maximum absolute atomic E-state index is 12.3. The molecule has 0 aromatic heterocycles. The molecular weight excluding hydrogens is 398 g/mol. The second-order valence-electron chi connectivity index (χ2n) is 8.66. The second kappa shape index (κ2) is 12.2. The highest BCUT2D eigenvalue weighted by atomic mass is 32.2. The van der Waals surface area contributed by atoms with Crippen molar-refractivity contribution >= 4 is 29.7 Å². The molecule has 2 aliphatic rings. The van der Waals surface area contributed by atoms with Crippen LogP contribution in [0.1, 0.15) is 90.9 Å². The molecule has 1 aliphatic carbocycles. The summed E-state index contributed by atoms with van der Waals surface area (Å²) in [6, 6.07) is -0.403. The summed E-state index contributed by atoms with van der Waals surface area (Å²) < 4.78 is 3.21. The van der Waals surface area contributed by atoms with Gasteiger partial charge in [-0.3, -0.25) is 19.1 Å². The van der Waals surface area contributed by atoms with Crippen LogP contribution in [0.25, 0.3) is 0 Å². The molecule has 0 radical (unpaired) electrons. The maximum atomic E-state index is 12.3. The Balaban J connectivity index is 1.56. The SMILES string of the molecule is CCC(=C=CCCCCCCC(=O)N1CCC[C@H]1C(N)=O)CC(=O)NSC1(C)CC1. The molecule has 7 heteroatoms. The number of carbonyl (C=O) groups excluding carboxylic acids is 3. The van der Waals surface area contributed by atoms with Crippen LogP contribution in [0, 0.1) is 0 Å². The van der Waals surface area contributed by atoms with Crippen molar-refractivity contribution in [1.29, 1.82) is 0 Å². The average Bonchev–Trinajstić information content (AvgIpc) is 3.25. The van der Waals surface area contributed by atoms with Crippen LogP contribution >= 0.6 is 11.9 Å². The lowest BCUT2D eigenvalue weighted by molar-refractivity contribution is -0.137. The van der Waals surface area contributed by atoms with Gasteiger partial charge in [0, 0.05) is 17.7 Å². The van der Waals surface area contributed by atoms with Gasteiger partial charge in [0.05, 0.1) is 6.42 Å². The molecule has 30 heavy (non-hydrogen) atoms. The number of hydrogen-bond donors (Lipinski definition) is 2. The van der Waals surface area contributed by atoms with Crippen LogP contribution in [-0.2, 0) is 14.4 Å². The fraction of sp³-hybridized carbons (Fsp3) is 0.739. The Morgan fingerprint density at radius 3 is 2.63 bits per heavy atom. The van der Waals surface area contributed by atoms with Crippen molar-refractivity contribution in [3.63, 3.8) is 0 Å². The monoisotopic (exact) mass is 435 g/mol. The van der Waals surface area contributed by atoms with Gasteiger partial charge >= 0.3 is 0 Å². The fourth-order valence-corrected chi connectivity index (χ4v) is 4.30. The van der Waals surface area contributed by atoms with Gasteiger partial charge in [0.25, 0.3) is 0 Å². The third kappa shape index (κ3) is 8.57. The van der Waals surface area contributed by atoms with Crippen LogP contribution < -0.4 is 10.5 Å². The number of nitrogens with one attached hydrogen (secondary N) is 1. The van der Waals surface area contributed by atoms with Crippen molar-refractivity contribution in [3.8, 4) is 0 Å². The number of nitrogens with two attached hydrogens (primary N) is 1. The van der Waals surface area contributed by atoms with Crippen molar-refractivity contribution in [2.45, 2.75) is 102 Å². The molecule has 0 spiro atoms. The van der Waals surface area contributed by atoms with Gasteiger partial charge in [0.2, 0.25) is 17.7 Å². The summed E-state index contributed by atoms with van der Waals surface area (Å²) in [6.07, 6.45) is 12.6. The van der Waals surface area contributed by atoms with E-state index in [2.05, 4.69) is 24.3 Å². The largest absolute Gasteiger partial charge is 0.368 e. The topological polar surface area (TPSA) is 92.5 Å². The van der Waals surface area contributed by atoms with Gasteiger partial charge in [0.15, 0.2) is 0 Å². The summed E-state index contributed by atoms with van der Waals surface area (Å²) in [5.74, 6) is -0.272. The number of unbranched alkanes of at least 4 members (excludes halogenated alkanes) is 4. The van der Waals surface area contributed by atoms with Crippen molar-refractivity contribution < 1.29 is 14.4 Å². The van der Waals surface area contributed by atoms with Crippen molar-refractivity contribution in [2.24, 2.45) is 5.73 Å². The Morgan fingerprint density at radius 1 is 1.23 bits per heavy atom. The minimum absolute atomic E-state index is 0.0545. The second-order valence-corrected chi connectivity index (χ2v) is 10.1. The normalized spacial score (nSPS) is 19.1. The van der Waals surface area contributed by atoms with E-state index in [-0.39, 0.29) is 22.5 Å². The van der Waals surface area contributed by atoms with E-state index in [0.717, 1.165) is 50.5 Å². The summed E-state index contributed by atoms with van der Waals surface area (Å²) in [4.78, 5) is 37.3. The van der Waals surface area contributed by atoms with Crippen molar-refractivity contribution in [3.05, 3.63) is 17.4 Å². The molecule has 1 saturated heterocycles. The number of amides is 3. The number of likely N-dealkylation sites (tertiary alicyclic amines) is 1. The van der Waals surface area contributed by atoms with Gasteiger partial charge in [-0.2, -0.15) is 0 Å². The molecule has 1 aliphatic heterocycles. The fourth-order valence-electron chi connectivity index (χ4n) is 3.56. The quantitative estimate of drug-likeness (QED) is 0.260. The first kappa shape index (κ1) is 24.5. The van der Waals surface area contributed by atoms with Crippen molar-refractivity contribution in [2.75, 3.05) is 6.54 Å². The Hall–Kier alpha value is -1.72. The zero-order valence-corrected chi connectivity index (χ0v) is 19.3. The van der Waals surface area contributed by atoms with E-state index in [1.54, 1.807) is 16.8 Å². The molecule has 1 atom stereocenters. The molecule has 2 fully saturated rings. The van der Waals surface area contributed by atoms with Gasteiger partial charge in [-0.05, 0) is 81.9 Å². The maximum Gasteiger partial charge on any atom is 0.240 e. The third-order valence-corrected chi connectivity index (χ3v) is 7.09. The molecule has 0 aromatic carbocycles. The van der Waals surface area contributed by atoms with E-state index in [0.29, 0.717) is 25.8 Å². The summed E-state index contributed by atoms with van der Waals surface area (Å²) in [5.41, 5.74) is 9.70. The number of carbonyl (C=O) groups is 3. The molecule has 0 bridgehead atoms. The number of rotatable bonds is 13. The standard InChI is InChI=1S/C23H37N3O3S/c1-3-18(17-20(27)25-30-23(2)14-15-23)11-8-6-4-5-7-9-13-21(28)26-16-10-12-19(26)22(24)29/h8,19H,3-7,9-10,12-17H2,1-2H3,(H2,24,29)(H,25,27)/t11?,19-/m0/s1. The first-order valence-electron chi connectivity index (χ1n) is 11.3. The summed E-state index contributed by atoms with van der Waals surface area (Å²) in [7, 11) is 0. The molecule has 3 amide bonds. The lowest BCUT2D eigenvalue weighted by atomic mass is 10.1. The van der Waals surface area contributed by atoms with Gasteiger partial charge in [-0.25, -0.2) is 0 Å². The number of primary amides is 1. The molecular formula is C23H37N3O3S. The third-order valence-electron chi connectivity index (χ3n) is 5.86. The van der Waals surface area contributed by atoms with E-state index in [4.69, 9.17) is 5.73 Å². The predicted molar refractivity (Wildman–Crippen MR) is 122 cm³/mol. The minimum atomic E-state index is -0.403. The van der Waals surface area contributed by atoms with Crippen LogP contribution in [0.2, 0.25) is 0 Å². The molecule has 3 N–H and O–H groups in total. The van der Waals surface area contributed by atoms with Gasteiger partial charge in [0.1, 0.15) is 6.04 Å². The van der Waals surface area contributed by atoms with E-state index in [9.17, 15) is 14.4 Å². The number of hydrogen-bond acceptors (Lipinski definition) is 4. The molecule has 1 saturated carbocycles. The lowest BCUT2D eigenvalue weighted by Crippen LogP contribution is -2.43. The Kier molecular flexibility index (Phi) is 9.99. The van der Waals surface area contributed by atoms with E-state index in [1.165, 1.54) is 12.8 Å². The molecule has 1 heterocycles. The minimum Gasteiger partial charge on any atom is -0.368 e. The molecule has 6 nitrogen and oxygen atoms in total. The summed E-state index contributed by atoms with van der Waals surface area (Å²) in [6.45, 7) is 4.88. The van der Waals surface area contributed by atoms with Gasteiger partial charge in [-0.1, -0.05) is 19.8 Å². The number of nitrogens with zero attached hydrogens (tertiary/aromatic N) is 1. The van der Waals surface area contributed by atoms with Gasteiger partial charge in [-0.15, -0.1) is 5.73 Å². The highest BCUT2D eigenvalue weighted by Gasteiger charge is 2.38. The first-order chi connectivity index (χ1) is 14.3. The highest BCUT2D eigenvalue weighted by Crippen LogP contribution is 2.46. The smallest absolute Gasteiger partial charge is 0.240 e. The Bertz CT molecular complexity index is 681. The van der Waals surface area contributed by atoms with E-state index >= 15 is 0 Å². The van der Waals surface area contributed by atoms with Crippen LogP contribution in [0.5, 0.6) is 0 Å². The summed E-state index contributed by atoms with van der Waals surface area (Å²) >= 11 is 1.56. The zero-order chi connectivity index (χ0) is 22.0. The first-order valence-corrected chi connectivity index (χ1v) is 12.1. The van der Waals surface area contributed by atoms with E-state index in [1.807, 2.05) is 6.08 Å². The van der Waals surface area contributed by atoms with E-state index < -0.39 is 6.04 Å². The Labute approximate surface area is 185 Å². The average molecular weight is 436 g/mol. The molecule has 168 valence electrons. The zero-order valence-electron chi connectivity index (χ0n) is 18.5. The Morgan fingerprint density at radius 2 is 1.97 bits per heavy atom. The molecule has 2 rings (SSSR count). The summed E-state index contributed by atoms with van der Waals surface area (Å²) in [5, 5.41) is 0. The van der Waals surface area contributed by atoms with Crippen LogP contribution in [0.4, 0.5) is 0 Å².